The van der Waals surface area contributed by atoms with Gasteiger partial charge < -0.3 is 19.8 Å². The van der Waals surface area contributed by atoms with Gasteiger partial charge in [0.05, 0.1) is 31.1 Å². The van der Waals surface area contributed by atoms with Crippen molar-refractivity contribution < 1.29 is 9.53 Å². The van der Waals surface area contributed by atoms with Crippen molar-refractivity contribution in [1.29, 1.82) is 0 Å². The van der Waals surface area contributed by atoms with Crippen molar-refractivity contribution in [3.05, 3.63) is 29.7 Å². The van der Waals surface area contributed by atoms with Crippen LogP contribution in [0.1, 0.15) is 43.0 Å². The monoisotopic (exact) mass is 341 g/mol. The van der Waals surface area contributed by atoms with Crippen molar-refractivity contribution in [2.75, 3.05) is 31.7 Å². The van der Waals surface area contributed by atoms with Gasteiger partial charge in [0, 0.05) is 25.5 Å². The lowest BCUT2D eigenvalue weighted by atomic mass is 9.97. The maximum atomic E-state index is 12.9. The quantitative estimate of drug-likeness (QED) is 0.925. The molecular formula is C18H23N5O2. The smallest absolute Gasteiger partial charge is 0.325 e. The zero-order valence-corrected chi connectivity index (χ0v) is 14.6. The number of likely N-dealkylation sites (N-methyl/N-ethyl adjacent to an activating group) is 1. The van der Waals surface area contributed by atoms with Crippen LogP contribution in [0.3, 0.4) is 0 Å². The number of nitrogens with zero attached hydrogens (tertiary/aromatic N) is 4. The number of carbonyl (C=O) groups excluding carboxylic acids is 1. The maximum Gasteiger partial charge on any atom is 0.325 e. The summed E-state index contributed by atoms with van der Waals surface area (Å²) in [6.45, 7) is 3.78. The number of amides is 2. The fourth-order valence-corrected chi connectivity index (χ4v) is 3.84. The summed E-state index contributed by atoms with van der Waals surface area (Å²) < 4.78 is 7.44. The molecule has 1 spiro atoms. The molecule has 3 fully saturated rings. The van der Waals surface area contributed by atoms with Crippen LogP contribution in [0, 0.1) is 0 Å². The van der Waals surface area contributed by atoms with Gasteiger partial charge in [0.25, 0.3) is 0 Å². The highest BCUT2D eigenvalue weighted by Crippen LogP contribution is 2.43. The molecule has 0 unspecified atom stereocenters. The van der Waals surface area contributed by atoms with Gasteiger partial charge >= 0.3 is 6.03 Å². The van der Waals surface area contributed by atoms with E-state index in [1.807, 2.05) is 34.4 Å². The fraction of sp³-hybridized carbons (Fsp3) is 0.556. The van der Waals surface area contributed by atoms with Crippen LogP contribution in [0.25, 0.3) is 5.65 Å². The fourth-order valence-electron chi connectivity index (χ4n) is 3.84. The number of hydrogen-bond donors (Lipinski definition) is 1. The topological polar surface area (TPSA) is 76.1 Å². The zero-order chi connectivity index (χ0) is 17.3. The minimum absolute atomic E-state index is 0.0171. The number of fused-ring (bicyclic) bond motifs is 1. The number of ether oxygens (including phenoxy) is 1. The van der Waals surface area contributed by atoms with E-state index in [0.717, 1.165) is 17.0 Å². The Hall–Kier alpha value is -2.12. The number of hydrogen-bond acceptors (Lipinski definition) is 4. The van der Waals surface area contributed by atoms with E-state index in [1.165, 1.54) is 18.4 Å². The van der Waals surface area contributed by atoms with Crippen LogP contribution in [0.2, 0.25) is 0 Å². The number of anilines is 1. The van der Waals surface area contributed by atoms with Gasteiger partial charge in [-0.15, -0.1) is 0 Å². The van der Waals surface area contributed by atoms with E-state index in [9.17, 15) is 4.79 Å². The molecule has 1 aliphatic carbocycles. The number of aromatic nitrogens is 2. The van der Waals surface area contributed by atoms with Gasteiger partial charge in [-0.05, 0) is 37.3 Å². The summed E-state index contributed by atoms with van der Waals surface area (Å²) in [5, 5.41) is 0. The highest BCUT2D eigenvalue weighted by Gasteiger charge is 2.53. The molecular weight excluding hydrogens is 318 g/mol. The SMILES string of the molecule is C[C@@H](N)c1cn2cc(C3CC3)cc(N3CC4(COC4)N(C)C3=O)c2n1. The third-order valence-electron chi connectivity index (χ3n) is 5.80. The van der Waals surface area contributed by atoms with E-state index < -0.39 is 0 Å². The van der Waals surface area contributed by atoms with Crippen LogP contribution in [-0.4, -0.2) is 52.7 Å². The second-order valence-electron chi connectivity index (χ2n) is 7.76. The first-order valence-corrected chi connectivity index (χ1v) is 8.90. The number of pyridine rings is 1. The summed E-state index contributed by atoms with van der Waals surface area (Å²) in [6, 6.07) is 2.03. The predicted molar refractivity (Wildman–Crippen MR) is 93.8 cm³/mol. The zero-order valence-electron chi connectivity index (χ0n) is 14.6. The molecule has 7 nitrogen and oxygen atoms in total. The molecule has 2 aliphatic heterocycles. The Bertz CT molecular complexity index is 866. The molecule has 1 saturated carbocycles. The highest BCUT2D eigenvalue weighted by atomic mass is 16.5. The Labute approximate surface area is 146 Å². The normalized spacial score (nSPS) is 23.6. The first kappa shape index (κ1) is 15.2. The Morgan fingerprint density at radius 3 is 2.68 bits per heavy atom. The lowest BCUT2D eigenvalue weighted by Crippen LogP contribution is -2.60. The molecule has 3 aliphatic rings. The molecule has 0 radical (unpaired) electrons. The molecule has 132 valence electrons. The number of nitrogens with two attached hydrogens (primary N) is 1. The highest BCUT2D eigenvalue weighted by molar-refractivity contribution is 5.98. The molecule has 1 atom stereocenters. The van der Waals surface area contributed by atoms with Crippen molar-refractivity contribution in [1.82, 2.24) is 14.3 Å². The second kappa shape index (κ2) is 4.95. The molecule has 2 aromatic rings. The predicted octanol–water partition coefficient (Wildman–Crippen LogP) is 1.87. The van der Waals surface area contributed by atoms with E-state index in [1.54, 1.807) is 0 Å². The van der Waals surface area contributed by atoms with Crippen molar-refractivity contribution in [2.24, 2.45) is 5.73 Å². The Morgan fingerprint density at radius 1 is 1.36 bits per heavy atom. The van der Waals surface area contributed by atoms with Gasteiger partial charge in [-0.25, -0.2) is 9.78 Å². The second-order valence-corrected chi connectivity index (χ2v) is 7.76. The summed E-state index contributed by atoms with van der Waals surface area (Å²) in [4.78, 5) is 21.3. The van der Waals surface area contributed by atoms with Crippen molar-refractivity contribution in [2.45, 2.75) is 37.3 Å². The van der Waals surface area contributed by atoms with Gasteiger partial charge in [0.2, 0.25) is 0 Å². The first-order chi connectivity index (χ1) is 12.0. The van der Waals surface area contributed by atoms with Crippen molar-refractivity contribution >= 4 is 17.4 Å². The van der Waals surface area contributed by atoms with Crippen molar-refractivity contribution in [3.63, 3.8) is 0 Å². The van der Waals surface area contributed by atoms with Crippen LogP contribution in [-0.2, 0) is 4.74 Å². The summed E-state index contributed by atoms with van der Waals surface area (Å²) in [7, 11) is 1.87. The molecule has 0 bridgehead atoms. The third kappa shape index (κ3) is 2.12. The van der Waals surface area contributed by atoms with E-state index in [2.05, 4.69) is 12.3 Å². The first-order valence-electron chi connectivity index (χ1n) is 8.90. The summed E-state index contributed by atoms with van der Waals surface area (Å²) in [6.07, 6.45) is 6.56. The lowest BCUT2D eigenvalue weighted by molar-refractivity contribution is -0.0978. The average Bonchev–Trinajstić information content (AvgIpc) is 3.24. The van der Waals surface area contributed by atoms with Gasteiger partial charge in [-0.3, -0.25) is 4.90 Å². The number of imidazole rings is 1. The summed E-state index contributed by atoms with van der Waals surface area (Å²) in [5.74, 6) is 0.598. The molecule has 2 N–H and O–H groups in total. The Morgan fingerprint density at radius 2 is 2.12 bits per heavy atom. The third-order valence-corrected chi connectivity index (χ3v) is 5.80. The minimum Gasteiger partial charge on any atom is -0.376 e. The van der Waals surface area contributed by atoms with Gasteiger partial charge in [0.1, 0.15) is 5.54 Å². The average molecular weight is 341 g/mol. The molecule has 2 saturated heterocycles. The minimum atomic E-state index is -0.194. The molecule has 4 heterocycles. The van der Waals surface area contributed by atoms with E-state index in [0.29, 0.717) is 25.7 Å². The molecule has 7 heteroatoms. The summed E-state index contributed by atoms with van der Waals surface area (Å²) in [5.41, 5.74) is 9.65. The van der Waals surface area contributed by atoms with Gasteiger partial charge in [-0.1, -0.05) is 0 Å². The molecule has 2 amide bonds. The van der Waals surface area contributed by atoms with Crippen LogP contribution < -0.4 is 10.6 Å². The molecule has 2 aromatic heterocycles. The largest absolute Gasteiger partial charge is 0.376 e. The molecule has 25 heavy (non-hydrogen) atoms. The van der Waals surface area contributed by atoms with Gasteiger partial charge in [0.15, 0.2) is 5.65 Å². The lowest BCUT2D eigenvalue weighted by Gasteiger charge is -2.41. The van der Waals surface area contributed by atoms with E-state index in [-0.39, 0.29) is 17.6 Å². The Balaban J connectivity index is 1.65. The number of rotatable bonds is 3. The maximum absolute atomic E-state index is 12.9. The standard InChI is InChI=1S/C18H23N5O2/c1-11(19)14-7-22-6-13(12-3-4-12)5-15(16(22)20-14)23-8-18(9-25-10-18)21(2)17(23)24/h5-7,11-12H,3-4,8-10,19H2,1-2H3/t11-/m1/s1. The van der Waals surface area contributed by atoms with Crippen LogP contribution in [0.4, 0.5) is 10.5 Å². The van der Waals surface area contributed by atoms with E-state index >= 15 is 0 Å². The van der Waals surface area contributed by atoms with Crippen molar-refractivity contribution in [3.8, 4) is 0 Å². The molecule has 5 rings (SSSR count). The van der Waals surface area contributed by atoms with E-state index in [4.69, 9.17) is 15.5 Å². The van der Waals surface area contributed by atoms with Crippen LogP contribution in [0.15, 0.2) is 18.5 Å². The Kier molecular flexibility index (Phi) is 3.00. The molecule has 0 aromatic carbocycles. The van der Waals surface area contributed by atoms with Gasteiger partial charge in [-0.2, -0.15) is 0 Å². The van der Waals surface area contributed by atoms with Crippen LogP contribution in [0.5, 0.6) is 0 Å². The summed E-state index contributed by atoms with van der Waals surface area (Å²) >= 11 is 0. The van der Waals surface area contributed by atoms with Crippen LogP contribution >= 0.6 is 0 Å². The number of urea groups is 1. The number of carbonyl (C=O) groups is 1.